The van der Waals surface area contributed by atoms with Gasteiger partial charge in [-0.25, -0.2) is 8.42 Å². The number of carbonyl (C=O) groups excluding carboxylic acids is 2. The van der Waals surface area contributed by atoms with Crippen molar-refractivity contribution in [2.24, 2.45) is 0 Å². The van der Waals surface area contributed by atoms with Crippen molar-refractivity contribution < 1.29 is 18.0 Å². The Bertz CT molecular complexity index is 1080. The fourth-order valence-corrected chi connectivity index (χ4v) is 5.60. The van der Waals surface area contributed by atoms with E-state index in [1.54, 1.807) is 7.05 Å². The van der Waals surface area contributed by atoms with Crippen molar-refractivity contribution in [2.75, 3.05) is 32.0 Å². The van der Waals surface area contributed by atoms with Crippen LogP contribution >= 0.6 is 0 Å². The summed E-state index contributed by atoms with van der Waals surface area (Å²) in [5.41, 5.74) is 4.15. The number of piperidine rings is 1. The van der Waals surface area contributed by atoms with Crippen molar-refractivity contribution in [3.8, 4) is 0 Å². The standard InChI is InChI=1S/C24H31N3O4S/c1-17-14-18(2)23(19(3)15-17)25-22(28)16-26(4)24(29)20-8-10-21(11-9-20)32(30,31)27-12-6-5-7-13-27/h8-11,14-15H,5-7,12-13,16H2,1-4H3,(H,25,28). The molecule has 1 fully saturated rings. The quantitative estimate of drug-likeness (QED) is 0.719. The van der Waals surface area contributed by atoms with Gasteiger partial charge in [0.15, 0.2) is 0 Å². The zero-order valence-corrected chi connectivity index (χ0v) is 20.0. The van der Waals surface area contributed by atoms with E-state index in [9.17, 15) is 18.0 Å². The first-order valence-corrected chi connectivity index (χ1v) is 12.3. The summed E-state index contributed by atoms with van der Waals surface area (Å²) < 4.78 is 27.0. The minimum atomic E-state index is -3.55. The molecule has 2 aromatic carbocycles. The summed E-state index contributed by atoms with van der Waals surface area (Å²) in [5, 5.41) is 2.89. The van der Waals surface area contributed by atoms with Gasteiger partial charge in [0.1, 0.15) is 0 Å². The average molecular weight is 458 g/mol. The van der Waals surface area contributed by atoms with Gasteiger partial charge in [-0.3, -0.25) is 9.59 Å². The molecule has 0 atom stereocenters. The molecule has 0 spiro atoms. The van der Waals surface area contributed by atoms with E-state index in [0.717, 1.165) is 41.6 Å². The number of amides is 2. The zero-order chi connectivity index (χ0) is 23.5. The van der Waals surface area contributed by atoms with Gasteiger partial charge in [-0.15, -0.1) is 0 Å². The number of nitrogens with one attached hydrogen (secondary N) is 1. The number of sulfonamides is 1. The number of aryl methyl sites for hydroxylation is 3. The summed E-state index contributed by atoms with van der Waals surface area (Å²) in [5.74, 6) is -0.639. The van der Waals surface area contributed by atoms with Gasteiger partial charge < -0.3 is 10.2 Å². The van der Waals surface area contributed by atoms with Crippen LogP contribution < -0.4 is 5.32 Å². The van der Waals surface area contributed by atoms with Crippen molar-refractivity contribution in [3.05, 3.63) is 58.7 Å². The number of rotatable bonds is 6. The van der Waals surface area contributed by atoms with Gasteiger partial charge in [-0.2, -0.15) is 4.31 Å². The fraction of sp³-hybridized carbons (Fsp3) is 0.417. The maximum absolute atomic E-state index is 12.8. The second kappa shape index (κ2) is 9.83. The highest BCUT2D eigenvalue weighted by atomic mass is 32.2. The van der Waals surface area contributed by atoms with E-state index in [-0.39, 0.29) is 23.3 Å². The third kappa shape index (κ3) is 5.37. The van der Waals surface area contributed by atoms with E-state index in [1.165, 1.54) is 33.5 Å². The van der Waals surface area contributed by atoms with Gasteiger partial charge in [-0.1, -0.05) is 24.1 Å². The van der Waals surface area contributed by atoms with E-state index in [4.69, 9.17) is 0 Å². The minimum absolute atomic E-state index is 0.112. The Morgan fingerprint density at radius 3 is 2.09 bits per heavy atom. The molecule has 32 heavy (non-hydrogen) atoms. The normalized spacial score (nSPS) is 14.8. The largest absolute Gasteiger partial charge is 0.332 e. The molecule has 1 aliphatic rings. The number of hydrogen-bond donors (Lipinski definition) is 1. The monoisotopic (exact) mass is 457 g/mol. The summed E-state index contributed by atoms with van der Waals surface area (Å²) in [6, 6.07) is 9.92. The minimum Gasteiger partial charge on any atom is -0.332 e. The molecule has 0 aromatic heterocycles. The molecule has 1 heterocycles. The summed E-state index contributed by atoms with van der Waals surface area (Å²) >= 11 is 0. The van der Waals surface area contributed by atoms with Crippen molar-refractivity contribution >= 4 is 27.5 Å². The predicted octanol–water partition coefficient (Wildman–Crippen LogP) is 3.50. The highest BCUT2D eigenvalue weighted by molar-refractivity contribution is 7.89. The molecule has 0 aliphatic carbocycles. The number of benzene rings is 2. The molecule has 172 valence electrons. The second-order valence-electron chi connectivity index (χ2n) is 8.47. The van der Waals surface area contributed by atoms with Gasteiger partial charge in [0.25, 0.3) is 5.91 Å². The topological polar surface area (TPSA) is 86.8 Å². The zero-order valence-electron chi connectivity index (χ0n) is 19.1. The number of anilines is 1. The van der Waals surface area contributed by atoms with E-state index in [2.05, 4.69) is 5.32 Å². The second-order valence-corrected chi connectivity index (χ2v) is 10.4. The molecule has 2 amide bonds. The summed E-state index contributed by atoms with van der Waals surface area (Å²) in [6.45, 7) is 6.82. The first kappa shape index (κ1) is 23.9. The van der Waals surface area contributed by atoms with E-state index < -0.39 is 10.0 Å². The Morgan fingerprint density at radius 2 is 1.53 bits per heavy atom. The third-order valence-electron chi connectivity index (χ3n) is 5.72. The lowest BCUT2D eigenvalue weighted by atomic mass is 10.1. The number of likely N-dealkylation sites (N-methyl/N-ethyl adjacent to an activating group) is 1. The van der Waals surface area contributed by atoms with Gasteiger partial charge in [0.2, 0.25) is 15.9 Å². The highest BCUT2D eigenvalue weighted by Gasteiger charge is 2.26. The molecule has 0 radical (unpaired) electrons. The van der Waals surface area contributed by atoms with Gasteiger partial charge in [0, 0.05) is 31.4 Å². The molecule has 3 rings (SSSR count). The lowest BCUT2D eigenvalue weighted by Gasteiger charge is -2.26. The molecule has 1 aliphatic heterocycles. The molecule has 1 saturated heterocycles. The summed E-state index contributed by atoms with van der Waals surface area (Å²) in [4.78, 5) is 26.8. The van der Waals surface area contributed by atoms with E-state index in [0.29, 0.717) is 18.7 Å². The van der Waals surface area contributed by atoms with Crippen molar-refractivity contribution in [3.63, 3.8) is 0 Å². The molecule has 0 saturated carbocycles. The molecule has 7 nitrogen and oxygen atoms in total. The van der Waals surface area contributed by atoms with Crippen LogP contribution in [0.15, 0.2) is 41.3 Å². The van der Waals surface area contributed by atoms with Crippen molar-refractivity contribution in [2.45, 2.75) is 44.9 Å². The lowest BCUT2D eigenvalue weighted by molar-refractivity contribution is -0.116. The van der Waals surface area contributed by atoms with Crippen LogP contribution in [0.5, 0.6) is 0 Å². The molecular formula is C24H31N3O4S. The van der Waals surface area contributed by atoms with Crippen LogP contribution in [-0.2, 0) is 14.8 Å². The molecule has 0 unspecified atom stereocenters. The number of nitrogens with zero attached hydrogens (tertiary/aromatic N) is 2. The average Bonchev–Trinajstić information content (AvgIpc) is 2.76. The maximum Gasteiger partial charge on any atom is 0.254 e. The first-order chi connectivity index (χ1) is 15.1. The van der Waals surface area contributed by atoms with Crippen LogP contribution in [0, 0.1) is 20.8 Å². The molecule has 0 bridgehead atoms. The van der Waals surface area contributed by atoms with E-state index in [1.807, 2.05) is 32.9 Å². The van der Waals surface area contributed by atoms with Gasteiger partial charge in [-0.05, 0) is 69.0 Å². The Morgan fingerprint density at radius 1 is 0.969 bits per heavy atom. The van der Waals surface area contributed by atoms with Gasteiger partial charge in [0.05, 0.1) is 11.4 Å². The summed E-state index contributed by atoms with van der Waals surface area (Å²) in [7, 11) is -1.99. The van der Waals surface area contributed by atoms with Crippen LogP contribution in [-0.4, -0.2) is 56.1 Å². The van der Waals surface area contributed by atoms with Crippen LogP contribution in [0.25, 0.3) is 0 Å². The SMILES string of the molecule is Cc1cc(C)c(NC(=O)CN(C)C(=O)c2ccc(S(=O)(=O)N3CCCCC3)cc2)c(C)c1. The third-order valence-corrected chi connectivity index (χ3v) is 7.64. The Hall–Kier alpha value is -2.71. The number of carbonyl (C=O) groups is 2. The van der Waals surface area contributed by atoms with Crippen LogP contribution in [0.3, 0.4) is 0 Å². The Balaban J connectivity index is 1.65. The van der Waals surface area contributed by atoms with Crippen LogP contribution in [0.2, 0.25) is 0 Å². The Kier molecular flexibility index (Phi) is 7.36. The van der Waals surface area contributed by atoms with Gasteiger partial charge >= 0.3 is 0 Å². The molecule has 8 heteroatoms. The Labute approximate surface area is 190 Å². The van der Waals surface area contributed by atoms with Crippen molar-refractivity contribution in [1.82, 2.24) is 9.21 Å². The lowest BCUT2D eigenvalue weighted by Crippen LogP contribution is -2.36. The first-order valence-electron chi connectivity index (χ1n) is 10.8. The fourth-order valence-electron chi connectivity index (χ4n) is 4.09. The number of hydrogen-bond acceptors (Lipinski definition) is 4. The smallest absolute Gasteiger partial charge is 0.254 e. The maximum atomic E-state index is 12.8. The summed E-state index contributed by atoms with van der Waals surface area (Å²) in [6.07, 6.45) is 2.77. The van der Waals surface area contributed by atoms with E-state index >= 15 is 0 Å². The van der Waals surface area contributed by atoms with Crippen molar-refractivity contribution in [1.29, 1.82) is 0 Å². The molecule has 2 aromatic rings. The molecule has 1 N–H and O–H groups in total. The van der Waals surface area contributed by atoms with Crippen LogP contribution in [0.1, 0.15) is 46.3 Å². The predicted molar refractivity (Wildman–Crippen MR) is 125 cm³/mol. The molecular weight excluding hydrogens is 426 g/mol. The van der Waals surface area contributed by atoms with Crippen LogP contribution in [0.4, 0.5) is 5.69 Å². The highest BCUT2D eigenvalue weighted by Crippen LogP contribution is 2.23.